The van der Waals surface area contributed by atoms with Gasteiger partial charge in [-0.25, -0.2) is 9.78 Å². The number of para-hydroxylation sites is 1. The SMILES string of the molecule is C=CC(=O)N1CCC[C@H](NC(=O)c2sc3nccc4c3c2NC(=O)N4c2ccc(Oc3ccccc3)cc2C)C1.S. The van der Waals surface area contributed by atoms with Crippen molar-refractivity contribution in [3.05, 3.63) is 83.9 Å². The Hall–Kier alpha value is -4.35. The summed E-state index contributed by atoms with van der Waals surface area (Å²) >= 11 is 1.24. The lowest BCUT2D eigenvalue weighted by Crippen LogP contribution is -2.49. The van der Waals surface area contributed by atoms with Gasteiger partial charge >= 0.3 is 6.03 Å². The molecule has 41 heavy (non-hydrogen) atoms. The molecule has 11 heteroatoms. The van der Waals surface area contributed by atoms with E-state index in [4.69, 9.17) is 4.74 Å². The standard InChI is InChI=1S/C30H27N5O4S.H2S/c1-3-24(36)34-15-7-8-19(17-34)32-28(37)27-26-25-23(13-14-31-29(25)40-27)35(30(38)33-26)22-12-11-21(16-18(22)2)39-20-9-5-4-6-10-20;/h3-6,9-14,16,19H,1,7-8,15,17H2,2H3,(H,32,37)(H,33,38);1H2/t19-;/m0./s1. The fourth-order valence-electron chi connectivity index (χ4n) is 5.23. The molecule has 0 spiro atoms. The summed E-state index contributed by atoms with van der Waals surface area (Å²) in [6, 6.07) is 16.3. The number of piperidine rings is 1. The monoisotopic (exact) mass is 587 g/mol. The largest absolute Gasteiger partial charge is 0.457 e. The number of likely N-dealkylation sites (tertiary alicyclic amines) is 1. The van der Waals surface area contributed by atoms with Crippen molar-refractivity contribution in [3.8, 4) is 11.5 Å². The summed E-state index contributed by atoms with van der Waals surface area (Å²) in [5, 5.41) is 6.71. The molecule has 210 valence electrons. The van der Waals surface area contributed by atoms with Crippen molar-refractivity contribution in [1.82, 2.24) is 15.2 Å². The van der Waals surface area contributed by atoms with Gasteiger partial charge in [-0.1, -0.05) is 24.8 Å². The molecule has 4 amide bonds. The molecule has 6 rings (SSSR count). The highest BCUT2D eigenvalue weighted by Crippen LogP contribution is 2.46. The maximum Gasteiger partial charge on any atom is 0.331 e. The molecule has 2 aliphatic rings. The minimum atomic E-state index is -0.368. The molecule has 0 unspecified atom stereocenters. The highest BCUT2D eigenvalue weighted by atomic mass is 32.1. The van der Waals surface area contributed by atoms with Crippen LogP contribution in [0.1, 0.15) is 28.1 Å². The summed E-state index contributed by atoms with van der Waals surface area (Å²) in [6.07, 6.45) is 4.49. The molecule has 4 heterocycles. The van der Waals surface area contributed by atoms with Crippen LogP contribution in [0.3, 0.4) is 0 Å². The number of hydrogen-bond donors (Lipinski definition) is 2. The van der Waals surface area contributed by atoms with Crippen LogP contribution in [-0.4, -0.2) is 46.9 Å². The number of hydrogen-bond acceptors (Lipinski definition) is 6. The lowest BCUT2D eigenvalue weighted by molar-refractivity contribution is -0.127. The number of nitrogens with zero attached hydrogens (tertiary/aromatic N) is 3. The lowest BCUT2D eigenvalue weighted by atomic mass is 10.1. The number of carbonyl (C=O) groups is 3. The Morgan fingerprint density at radius 2 is 1.95 bits per heavy atom. The van der Waals surface area contributed by atoms with Gasteiger partial charge in [0.15, 0.2) is 0 Å². The van der Waals surface area contributed by atoms with Crippen LogP contribution in [0.5, 0.6) is 11.5 Å². The van der Waals surface area contributed by atoms with Crippen LogP contribution in [0, 0.1) is 6.92 Å². The second-order valence-electron chi connectivity index (χ2n) is 9.75. The molecule has 9 nitrogen and oxygen atoms in total. The Morgan fingerprint density at radius 3 is 2.71 bits per heavy atom. The van der Waals surface area contributed by atoms with Crippen LogP contribution in [0.2, 0.25) is 0 Å². The van der Waals surface area contributed by atoms with E-state index in [1.807, 2.05) is 55.5 Å². The minimum Gasteiger partial charge on any atom is -0.457 e. The predicted molar refractivity (Wildman–Crippen MR) is 166 cm³/mol. The fraction of sp³-hybridized carbons (Fsp3) is 0.200. The van der Waals surface area contributed by atoms with E-state index in [0.29, 0.717) is 51.0 Å². The van der Waals surface area contributed by atoms with Crippen molar-refractivity contribution in [1.29, 1.82) is 0 Å². The van der Waals surface area contributed by atoms with E-state index in [1.54, 1.807) is 22.1 Å². The second kappa shape index (κ2) is 11.6. The summed E-state index contributed by atoms with van der Waals surface area (Å²) < 4.78 is 5.96. The normalized spacial score (nSPS) is 16.0. The van der Waals surface area contributed by atoms with Gasteiger partial charge in [-0.3, -0.25) is 14.5 Å². The number of aromatic nitrogens is 1. The van der Waals surface area contributed by atoms with Gasteiger partial charge in [0.05, 0.1) is 22.4 Å². The molecule has 0 bridgehead atoms. The van der Waals surface area contributed by atoms with Crippen molar-refractivity contribution >= 4 is 70.0 Å². The van der Waals surface area contributed by atoms with E-state index in [2.05, 4.69) is 22.2 Å². The number of benzene rings is 2. The second-order valence-corrected chi connectivity index (χ2v) is 10.7. The zero-order valence-electron chi connectivity index (χ0n) is 22.3. The first-order valence-corrected chi connectivity index (χ1v) is 13.8. The molecule has 2 aromatic heterocycles. The van der Waals surface area contributed by atoms with Crippen LogP contribution in [0.25, 0.3) is 10.2 Å². The topological polar surface area (TPSA) is 104 Å². The van der Waals surface area contributed by atoms with Crippen LogP contribution in [0.4, 0.5) is 21.9 Å². The first-order valence-electron chi connectivity index (χ1n) is 13.0. The lowest BCUT2D eigenvalue weighted by Gasteiger charge is -2.32. The number of amides is 4. The number of aryl methyl sites for hydroxylation is 1. The molecule has 0 aliphatic carbocycles. The molecule has 1 atom stereocenters. The predicted octanol–water partition coefficient (Wildman–Crippen LogP) is 6.10. The minimum absolute atomic E-state index is 0. The summed E-state index contributed by atoms with van der Waals surface area (Å²) in [6.45, 7) is 6.54. The number of rotatable bonds is 6. The van der Waals surface area contributed by atoms with Crippen molar-refractivity contribution < 1.29 is 19.1 Å². The Balaban J connectivity index is 0.00000337. The average molecular weight is 588 g/mol. The van der Waals surface area contributed by atoms with E-state index < -0.39 is 0 Å². The molecule has 2 aromatic carbocycles. The van der Waals surface area contributed by atoms with Crippen molar-refractivity contribution in [3.63, 3.8) is 0 Å². The van der Waals surface area contributed by atoms with Gasteiger partial charge < -0.3 is 20.3 Å². The smallest absolute Gasteiger partial charge is 0.331 e. The van der Waals surface area contributed by atoms with Gasteiger partial charge in [-0.2, -0.15) is 13.5 Å². The molecule has 0 radical (unpaired) electrons. The molecule has 1 fully saturated rings. The number of pyridine rings is 1. The van der Waals surface area contributed by atoms with E-state index >= 15 is 0 Å². The molecule has 4 aromatic rings. The van der Waals surface area contributed by atoms with Crippen LogP contribution < -0.4 is 20.3 Å². The quantitative estimate of drug-likeness (QED) is 0.265. The summed E-state index contributed by atoms with van der Waals surface area (Å²) in [5.74, 6) is 0.945. The van der Waals surface area contributed by atoms with Crippen molar-refractivity contribution in [2.75, 3.05) is 23.3 Å². The van der Waals surface area contributed by atoms with Crippen molar-refractivity contribution in [2.24, 2.45) is 0 Å². The van der Waals surface area contributed by atoms with Crippen LogP contribution in [-0.2, 0) is 4.79 Å². The number of ether oxygens (including phenoxy) is 1. The number of thiophene rings is 1. The van der Waals surface area contributed by atoms with Crippen LogP contribution >= 0.6 is 24.8 Å². The zero-order chi connectivity index (χ0) is 27.8. The maximum absolute atomic E-state index is 13.5. The molecule has 2 N–H and O–H groups in total. The van der Waals surface area contributed by atoms with Crippen LogP contribution in [0.15, 0.2) is 73.4 Å². The zero-order valence-corrected chi connectivity index (χ0v) is 24.2. The molecular weight excluding hydrogens is 558 g/mol. The maximum atomic E-state index is 13.5. The molecule has 1 saturated heterocycles. The Bertz CT molecular complexity index is 1660. The highest BCUT2D eigenvalue weighted by molar-refractivity contribution is 7.59. The fourth-order valence-corrected chi connectivity index (χ4v) is 6.25. The average Bonchev–Trinajstić information content (AvgIpc) is 3.33. The number of anilines is 3. The summed E-state index contributed by atoms with van der Waals surface area (Å²) in [5.41, 5.74) is 2.65. The summed E-state index contributed by atoms with van der Waals surface area (Å²) in [4.78, 5) is 47.8. The van der Waals surface area contributed by atoms with E-state index in [0.717, 1.165) is 24.2 Å². The number of urea groups is 1. The summed E-state index contributed by atoms with van der Waals surface area (Å²) in [7, 11) is 0. The highest BCUT2D eigenvalue weighted by Gasteiger charge is 2.34. The first kappa shape index (κ1) is 28.2. The van der Waals surface area contributed by atoms with Gasteiger partial charge in [0.25, 0.3) is 5.91 Å². The number of carbonyl (C=O) groups excluding carboxylic acids is 3. The molecule has 0 saturated carbocycles. The third-order valence-corrected chi connectivity index (χ3v) is 8.18. The third-order valence-electron chi connectivity index (χ3n) is 7.08. The number of nitrogens with one attached hydrogen (secondary N) is 2. The van der Waals surface area contributed by atoms with Gasteiger partial charge in [-0.05, 0) is 67.8 Å². The van der Waals surface area contributed by atoms with E-state index in [-0.39, 0.29) is 37.4 Å². The molecular formula is C30H29N5O4S2. The van der Waals surface area contributed by atoms with Crippen molar-refractivity contribution in [2.45, 2.75) is 25.8 Å². The van der Waals surface area contributed by atoms with E-state index in [9.17, 15) is 14.4 Å². The molecule has 2 aliphatic heterocycles. The Labute approximate surface area is 248 Å². The first-order chi connectivity index (χ1) is 19.4. The van der Waals surface area contributed by atoms with E-state index in [1.165, 1.54) is 17.4 Å². The third kappa shape index (κ3) is 5.38. The van der Waals surface area contributed by atoms with Gasteiger partial charge in [0.1, 0.15) is 21.2 Å². The Morgan fingerprint density at radius 1 is 1.15 bits per heavy atom. The Kier molecular flexibility index (Phi) is 8.00. The van der Waals surface area contributed by atoms with Gasteiger partial charge in [-0.15, -0.1) is 11.3 Å². The van der Waals surface area contributed by atoms with Gasteiger partial charge in [0, 0.05) is 25.3 Å². The van der Waals surface area contributed by atoms with Gasteiger partial charge in [0.2, 0.25) is 5.91 Å².